The molecule has 1 unspecified atom stereocenters. The number of nitrogens with one attached hydrogen (secondary N) is 1. The number of hydrogen-bond acceptors (Lipinski definition) is 6. The molecule has 0 aromatic heterocycles. The van der Waals surface area contributed by atoms with E-state index in [1.165, 1.54) is 11.3 Å². The molecule has 8 nitrogen and oxygen atoms in total. The third kappa shape index (κ3) is 5.39. The van der Waals surface area contributed by atoms with Crippen LogP contribution in [0.5, 0.6) is 0 Å². The molecule has 0 bridgehead atoms. The largest absolute Gasteiger partial charge is 0.397 e. The van der Waals surface area contributed by atoms with E-state index in [4.69, 9.17) is 5.73 Å². The van der Waals surface area contributed by atoms with E-state index in [-0.39, 0.29) is 24.9 Å². The standard InChI is InChI=1S/C25H33N5O3/c1-18-5-2-3-6-22(18)28-11-13-29(14-12-28)23-9-8-19(15-21(23)26)25(33)27-16-20(31)17-30-10-4-7-24(30)32/h2-3,5-6,8-9,15,20,31H,4,7,10-14,16-17,26H2,1H3,(H,27,33). The maximum atomic E-state index is 12.5. The number of benzene rings is 2. The Balaban J connectivity index is 1.30. The number of carbonyl (C=O) groups is 2. The molecule has 1 atom stereocenters. The first-order chi connectivity index (χ1) is 15.9. The highest BCUT2D eigenvalue weighted by Gasteiger charge is 2.23. The number of β-amino-alcohol motifs (C(OH)–C–C–N with tert-alkyl or cyclic N) is 1. The third-order valence-corrected chi connectivity index (χ3v) is 6.47. The summed E-state index contributed by atoms with van der Waals surface area (Å²) in [6.45, 7) is 6.65. The number of aliphatic hydroxyl groups excluding tert-OH is 1. The molecule has 0 saturated carbocycles. The molecule has 8 heteroatoms. The van der Waals surface area contributed by atoms with Crippen LogP contribution in [0.2, 0.25) is 0 Å². The van der Waals surface area contributed by atoms with Gasteiger partial charge in [0.15, 0.2) is 0 Å². The molecule has 2 aliphatic heterocycles. The lowest BCUT2D eigenvalue weighted by Gasteiger charge is -2.38. The summed E-state index contributed by atoms with van der Waals surface area (Å²) in [4.78, 5) is 30.5. The lowest BCUT2D eigenvalue weighted by Crippen LogP contribution is -2.47. The molecule has 2 saturated heterocycles. The highest BCUT2D eigenvalue weighted by molar-refractivity contribution is 5.96. The second kappa shape index (κ2) is 10.1. The molecule has 0 radical (unpaired) electrons. The number of anilines is 3. The van der Waals surface area contributed by atoms with Crippen LogP contribution in [0.4, 0.5) is 17.1 Å². The van der Waals surface area contributed by atoms with Gasteiger partial charge in [-0.05, 0) is 43.2 Å². The average molecular weight is 452 g/mol. The number of nitrogen functional groups attached to an aromatic ring is 1. The number of likely N-dealkylation sites (tertiary alicyclic amines) is 1. The maximum Gasteiger partial charge on any atom is 0.251 e. The van der Waals surface area contributed by atoms with Gasteiger partial charge in [0, 0.05) is 63.5 Å². The lowest BCUT2D eigenvalue weighted by molar-refractivity contribution is -0.128. The number of hydrogen-bond donors (Lipinski definition) is 3. The van der Waals surface area contributed by atoms with Gasteiger partial charge < -0.3 is 30.9 Å². The number of amides is 2. The van der Waals surface area contributed by atoms with E-state index in [9.17, 15) is 14.7 Å². The van der Waals surface area contributed by atoms with Crippen LogP contribution >= 0.6 is 0 Å². The van der Waals surface area contributed by atoms with Crippen molar-refractivity contribution in [1.29, 1.82) is 0 Å². The van der Waals surface area contributed by atoms with Gasteiger partial charge in [0.2, 0.25) is 5.91 Å². The highest BCUT2D eigenvalue weighted by atomic mass is 16.3. The molecule has 4 N–H and O–H groups in total. The first-order valence-corrected chi connectivity index (χ1v) is 11.6. The average Bonchev–Trinajstić information content (AvgIpc) is 3.22. The van der Waals surface area contributed by atoms with Crippen LogP contribution < -0.4 is 20.9 Å². The summed E-state index contributed by atoms with van der Waals surface area (Å²) in [5, 5.41) is 12.9. The Bertz CT molecular complexity index is 1000. The van der Waals surface area contributed by atoms with E-state index >= 15 is 0 Å². The van der Waals surface area contributed by atoms with Crippen LogP contribution in [0.15, 0.2) is 42.5 Å². The Labute approximate surface area is 195 Å². The summed E-state index contributed by atoms with van der Waals surface area (Å²) in [7, 11) is 0. The molecule has 4 rings (SSSR count). The van der Waals surface area contributed by atoms with Crippen molar-refractivity contribution >= 4 is 28.9 Å². The molecule has 33 heavy (non-hydrogen) atoms. The van der Waals surface area contributed by atoms with E-state index in [1.807, 2.05) is 6.07 Å². The second-order valence-electron chi connectivity index (χ2n) is 8.84. The summed E-state index contributed by atoms with van der Waals surface area (Å²) < 4.78 is 0. The summed E-state index contributed by atoms with van der Waals surface area (Å²) >= 11 is 0. The molecular formula is C25H33N5O3. The van der Waals surface area contributed by atoms with Crippen molar-refractivity contribution in [2.75, 3.05) is 61.3 Å². The van der Waals surface area contributed by atoms with Gasteiger partial charge in [0.25, 0.3) is 5.91 Å². The van der Waals surface area contributed by atoms with Crippen molar-refractivity contribution in [2.24, 2.45) is 0 Å². The van der Waals surface area contributed by atoms with Gasteiger partial charge in [0.1, 0.15) is 0 Å². The highest BCUT2D eigenvalue weighted by Crippen LogP contribution is 2.27. The first kappa shape index (κ1) is 22.9. The molecule has 2 aromatic carbocycles. The summed E-state index contributed by atoms with van der Waals surface area (Å²) in [5.74, 6) is -0.229. The summed E-state index contributed by atoms with van der Waals surface area (Å²) in [6.07, 6.45) is 0.563. The smallest absolute Gasteiger partial charge is 0.251 e. The molecule has 2 heterocycles. The Hall–Kier alpha value is -3.26. The zero-order chi connectivity index (χ0) is 23.4. The molecule has 0 spiro atoms. The van der Waals surface area contributed by atoms with Crippen molar-refractivity contribution < 1.29 is 14.7 Å². The van der Waals surface area contributed by atoms with Crippen LogP contribution in [-0.2, 0) is 4.79 Å². The molecule has 2 aliphatic rings. The molecule has 2 aromatic rings. The molecule has 2 amide bonds. The zero-order valence-corrected chi connectivity index (χ0v) is 19.2. The number of piperazine rings is 1. The number of nitrogens with two attached hydrogens (primary N) is 1. The van der Waals surface area contributed by atoms with Crippen LogP contribution in [-0.4, -0.2) is 73.7 Å². The van der Waals surface area contributed by atoms with Gasteiger partial charge in [-0.2, -0.15) is 0 Å². The number of carbonyl (C=O) groups excluding carboxylic acids is 2. The van der Waals surface area contributed by atoms with Crippen LogP contribution in [0.25, 0.3) is 0 Å². The van der Waals surface area contributed by atoms with E-state index in [1.54, 1.807) is 17.0 Å². The minimum Gasteiger partial charge on any atom is -0.397 e. The normalized spacial score (nSPS) is 17.4. The molecule has 176 valence electrons. The molecular weight excluding hydrogens is 418 g/mol. The minimum absolute atomic E-state index is 0.0588. The fourth-order valence-electron chi connectivity index (χ4n) is 4.62. The second-order valence-corrected chi connectivity index (χ2v) is 8.84. The van der Waals surface area contributed by atoms with E-state index in [0.717, 1.165) is 38.3 Å². The van der Waals surface area contributed by atoms with Crippen LogP contribution in [0.1, 0.15) is 28.8 Å². The number of aliphatic hydroxyl groups is 1. The fourth-order valence-corrected chi connectivity index (χ4v) is 4.62. The van der Waals surface area contributed by atoms with Crippen molar-refractivity contribution in [2.45, 2.75) is 25.9 Å². The van der Waals surface area contributed by atoms with Crippen molar-refractivity contribution in [3.8, 4) is 0 Å². The summed E-state index contributed by atoms with van der Waals surface area (Å²) in [6, 6.07) is 13.8. The van der Waals surface area contributed by atoms with Gasteiger partial charge in [-0.25, -0.2) is 0 Å². The van der Waals surface area contributed by atoms with Gasteiger partial charge in [-0.15, -0.1) is 0 Å². The Morgan fingerprint density at radius 3 is 2.39 bits per heavy atom. The molecule has 0 aliphatic carbocycles. The van der Waals surface area contributed by atoms with Gasteiger partial charge in [-0.3, -0.25) is 9.59 Å². The van der Waals surface area contributed by atoms with Gasteiger partial charge in [-0.1, -0.05) is 18.2 Å². The zero-order valence-electron chi connectivity index (χ0n) is 19.2. The van der Waals surface area contributed by atoms with Gasteiger partial charge in [0.05, 0.1) is 17.5 Å². The van der Waals surface area contributed by atoms with Gasteiger partial charge >= 0.3 is 0 Å². The Morgan fingerprint density at radius 1 is 1.06 bits per heavy atom. The van der Waals surface area contributed by atoms with E-state index in [2.05, 4.69) is 46.3 Å². The monoisotopic (exact) mass is 451 g/mol. The third-order valence-electron chi connectivity index (χ3n) is 6.47. The van der Waals surface area contributed by atoms with Crippen LogP contribution in [0.3, 0.4) is 0 Å². The lowest BCUT2D eigenvalue weighted by atomic mass is 10.1. The number of rotatable bonds is 7. The van der Waals surface area contributed by atoms with E-state index in [0.29, 0.717) is 24.2 Å². The topological polar surface area (TPSA) is 102 Å². The Morgan fingerprint density at radius 2 is 1.76 bits per heavy atom. The number of para-hydroxylation sites is 1. The summed E-state index contributed by atoms with van der Waals surface area (Å²) in [5.41, 5.74) is 10.8. The quantitative estimate of drug-likeness (QED) is 0.553. The molecule has 2 fully saturated rings. The predicted molar refractivity (Wildman–Crippen MR) is 131 cm³/mol. The van der Waals surface area contributed by atoms with Crippen molar-refractivity contribution in [3.05, 3.63) is 53.6 Å². The SMILES string of the molecule is Cc1ccccc1N1CCN(c2ccc(C(=O)NCC(O)CN3CCCC3=O)cc2N)CC1. The van der Waals surface area contributed by atoms with Crippen LogP contribution in [0, 0.1) is 6.92 Å². The minimum atomic E-state index is -0.794. The van der Waals surface area contributed by atoms with Crippen molar-refractivity contribution in [1.82, 2.24) is 10.2 Å². The Kier molecular flexibility index (Phi) is 7.03. The maximum absolute atomic E-state index is 12.5. The fraction of sp³-hybridized carbons (Fsp3) is 0.440. The first-order valence-electron chi connectivity index (χ1n) is 11.6. The number of aryl methyl sites for hydroxylation is 1. The predicted octanol–water partition coefficient (Wildman–Crippen LogP) is 1.62. The van der Waals surface area contributed by atoms with Crippen molar-refractivity contribution in [3.63, 3.8) is 0 Å². The van der Waals surface area contributed by atoms with E-state index < -0.39 is 6.10 Å². The number of nitrogens with zero attached hydrogens (tertiary/aromatic N) is 3.